The smallest absolute Gasteiger partial charge is 0.0148 e. The average Bonchev–Trinajstić information content (AvgIpc) is 3.10. The van der Waals surface area contributed by atoms with E-state index in [9.17, 15) is 0 Å². The summed E-state index contributed by atoms with van der Waals surface area (Å²) in [5, 5.41) is 3.82. The highest BCUT2D eigenvalue weighted by atomic mass is 14.9. The molecule has 3 unspecified atom stereocenters. The van der Waals surface area contributed by atoms with E-state index in [2.05, 4.69) is 41.7 Å². The van der Waals surface area contributed by atoms with Gasteiger partial charge >= 0.3 is 0 Å². The van der Waals surface area contributed by atoms with Gasteiger partial charge in [-0.15, -0.1) is 0 Å². The first-order valence-electron chi connectivity index (χ1n) is 7.37. The van der Waals surface area contributed by atoms with Crippen molar-refractivity contribution in [3.8, 4) is 0 Å². The highest BCUT2D eigenvalue weighted by Gasteiger charge is 2.35. The first-order chi connectivity index (χ1) is 8.88. The molecule has 0 amide bonds. The Labute approximate surface area is 109 Å². The molecule has 0 aromatic heterocycles. The molecule has 0 radical (unpaired) electrons. The van der Waals surface area contributed by atoms with Crippen molar-refractivity contribution in [1.82, 2.24) is 5.32 Å². The van der Waals surface area contributed by atoms with E-state index in [1.807, 2.05) is 0 Å². The predicted octanol–water partition coefficient (Wildman–Crippen LogP) is 2.96. The molecule has 18 heavy (non-hydrogen) atoms. The molecule has 3 atom stereocenters. The highest BCUT2D eigenvalue weighted by Crippen LogP contribution is 2.43. The van der Waals surface area contributed by atoms with Crippen molar-refractivity contribution in [2.75, 3.05) is 6.54 Å². The summed E-state index contributed by atoms with van der Waals surface area (Å²) in [5.41, 5.74) is 3.12. The summed E-state index contributed by atoms with van der Waals surface area (Å²) >= 11 is 0. The van der Waals surface area contributed by atoms with Gasteiger partial charge in [-0.05, 0) is 61.1 Å². The van der Waals surface area contributed by atoms with Gasteiger partial charge < -0.3 is 5.32 Å². The van der Waals surface area contributed by atoms with Crippen LogP contribution in [0.5, 0.6) is 0 Å². The number of rotatable bonds is 3. The lowest BCUT2D eigenvalue weighted by Gasteiger charge is -2.21. The van der Waals surface area contributed by atoms with E-state index < -0.39 is 0 Å². The highest BCUT2D eigenvalue weighted by molar-refractivity contribution is 5.33. The second-order valence-corrected chi connectivity index (χ2v) is 6.32. The molecule has 1 heteroatoms. The van der Waals surface area contributed by atoms with Crippen molar-refractivity contribution < 1.29 is 0 Å². The van der Waals surface area contributed by atoms with Crippen molar-refractivity contribution in [1.29, 1.82) is 0 Å². The van der Waals surface area contributed by atoms with Gasteiger partial charge in [-0.1, -0.05) is 36.4 Å². The number of fused-ring (bicyclic) bond motifs is 3. The lowest BCUT2D eigenvalue weighted by Crippen LogP contribution is -2.35. The Balaban J connectivity index is 1.34. The fourth-order valence-electron chi connectivity index (χ4n) is 4.15. The van der Waals surface area contributed by atoms with Crippen LogP contribution in [0, 0.1) is 17.8 Å². The third-order valence-corrected chi connectivity index (χ3v) is 5.14. The molecule has 1 fully saturated rings. The molecule has 1 nitrogen and oxygen atoms in total. The van der Waals surface area contributed by atoms with Crippen LogP contribution in [-0.4, -0.2) is 12.6 Å². The molecule has 4 rings (SSSR count). The monoisotopic (exact) mass is 239 g/mol. The molecular weight excluding hydrogens is 218 g/mol. The zero-order valence-corrected chi connectivity index (χ0v) is 10.8. The molecular formula is C17H21N. The van der Waals surface area contributed by atoms with Gasteiger partial charge in [0, 0.05) is 6.04 Å². The fourth-order valence-corrected chi connectivity index (χ4v) is 4.15. The van der Waals surface area contributed by atoms with Gasteiger partial charge in [0.05, 0.1) is 0 Å². The van der Waals surface area contributed by atoms with Gasteiger partial charge in [0.1, 0.15) is 0 Å². The molecule has 94 valence electrons. The van der Waals surface area contributed by atoms with E-state index in [0.717, 1.165) is 17.8 Å². The second kappa shape index (κ2) is 4.24. The topological polar surface area (TPSA) is 12.0 Å². The van der Waals surface area contributed by atoms with E-state index in [1.165, 1.54) is 32.2 Å². The zero-order valence-electron chi connectivity index (χ0n) is 10.8. The molecule has 3 aliphatic rings. The van der Waals surface area contributed by atoms with Gasteiger partial charge in [-0.2, -0.15) is 0 Å². The number of nitrogens with one attached hydrogen (secondary N) is 1. The maximum absolute atomic E-state index is 3.82. The first kappa shape index (κ1) is 10.8. The molecule has 0 aliphatic heterocycles. The summed E-state index contributed by atoms with van der Waals surface area (Å²) in [4.78, 5) is 0. The minimum Gasteiger partial charge on any atom is -0.313 e. The first-order valence-corrected chi connectivity index (χ1v) is 7.37. The van der Waals surface area contributed by atoms with Crippen molar-refractivity contribution in [2.45, 2.75) is 31.7 Å². The number of allylic oxidation sites excluding steroid dienone is 2. The van der Waals surface area contributed by atoms with Crippen molar-refractivity contribution in [2.24, 2.45) is 17.8 Å². The maximum atomic E-state index is 3.82. The Bertz CT molecular complexity index is 451. The molecule has 1 aromatic carbocycles. The minimum absolute atomic E-state index is 0.686. The van der Waals surface area contributed by atoms with Gasteiger partial charge in [-0.3, -0.25) is 0 Å². The van der Waals surface area contributed by atoms with Crippen LogP contribution in [0.2, 0.25) is 0 Å². The maximum Gasteiger partial charge on any atom is 0.0148 e. The minimum atomic E-state index is 0.686. The Kier molecular flexibility index (Phi) is 2.54. The van der Waals surface area contributed by atoms with Crippen molar-refractivity contribution in [3.05, 3.63) is 47.5 Å². The third-order valence-electron chi connectivity index (χ3n) is 5.14. The van der Waals surface area contributed by atoms with Crippen LogP contribution in [0.3, 0.4) is 0 Å². The van der Waals surface area contributed by atoms with E-state index in [4.69, 9.17) is 0 Å². The van der Waals surface area contributed by atoms with Crippen LogP contribution >= 0.6 is 0 Å². The largest absolute Gasteiger partial charge is 0.313 e. The molecule has 1 N–H and O–H groups in total. The number of hydrogen-bond acceptors (Lipinski definition) is 1. The molecule has 1 aromatic rings. The summed E-state index contributed by atoms with van der Waals surface area (Å²) < 4.78 is 0. The number of benzene rings is 1. The van der Waals surface area contributed by atoms with Crippen LogP contribution in [-0.2, 0) is 12.8 Å². The summed E-state index contributed by atoms with van der Waals surface area (Å²) in [6.07, 6.45) is 10.2. The van der Waals surface area contributed by atoms with E-state index in [1.54, 1.807) is 11.1 Å². The molecule has 0 heterocycles. The SMILES string of the molecule is C1=CC2CC1CC2CNC1Cc2ccccc2C1. The van der Waals surface area contributed by atoms with E-state index in [-0.39, 0.29) is 0 Å². The quantitative estimate of drug-likeness (QED) is 0.800. The third kappa shape index (κ3) is 1.81. The summed E-state index contributed by atoms with van der Waals surface area (Å²) in [6.45, 7) is 1.23. The Morgan fingerprint density at radius 1 is 1.00 bits per heavy atom. The molecule has 3 aliphatic carbocycles. The number of hydrogen-bond donors (Lipinski definition) is 1. The molecule has 0 spiro atoms. The van der Waals surface area contributed by atoms with Crippen molar-refractivity contribution >= 4 is 0 Å². The summed E-state index contributed by atoms with van der Waals surface area (Å²) in [5.74, 6) is 2.69. The van der Waals surface area contributed by atoms with Gasteiger partial charge in [0.2, 0.25) is 0 Å². The molecule has 1 saturated carbocycles. The fraction of sp³-hybridized carbons (Fsp3) is 0.529. The van der Waals surface area contributed by atoms with Crippen molar-refractivity contribution in [3.63, 3.8) is 0 Å². The van der Waals surface area contributed by atoms with Crippen LogP contribution in [0.15, 0.2) is 36.4 Å². The standard InChI is InChI=1S/C17H21N/c1-2-4-14-10-17(9-13(14)3-1)18-11-16-8-12-5-6-15(16)7-12/h1-6,12,15-18H,7-11H2. The summed E-state index contributed by atoms with van der Waals surface area (Å²) in [7, 11) is 0. The van der Waals surface area contributed by atoms with Gasteiger partial charge in [0.15, 0.2) is 0 Å². The van der Waals surface area contributed by atoms with Crippen LogP contribution < -0.4 is 5.32 Å². The molecule has 0 saturated heterocycles. The van der Waals surface area contributed by atoms with Crippen LogP contribution in [0.25, 0.3) is 0 Å². The Morgan fingerprint density at radius 2 is 1.78 bits per heavy atom. The Morgan fingerprint density at radius 3 is 2.39 bits per heavy atom. The summed E-state index contributed by atoms with van der Waals surface area (Å²) in [6, 6.07) is 9.60. The Hall–Kier alpha value is -1.08. The normalized spacial score (nSPS) is 33.2. The molecule has 2 bridgehead atoms. The van der Waals surface area contributed by atoms with Crippen LogP contribution in [0.4, 0.5) is 0 Å². The lowest BCUT2D eigenvalue weighted by molar-refractivity contribution is 0.385. The lowest BCUT2D eigenvalue weighted by atomic mass is 9.93. The van der Waals surface area contributed by atoms with Gasteiger partial charge in [0.25, 0.3) is 0 Å². The average molecular weight is 239 g/mol. The van der Waals surface area contributed by atoms with E-state index in [0.29, 0.717) is 6.04 Å². The zero-order chi connectivity index (χ0) is 11.9. The predicted molar refractivity (Wildman–Crippen MR) is 74.5 cm³/mol. The van der Waals surface area contributed by atoms with Crippen LogP contribution in [0.1, 0.15) is 24.0 Å². The second-order valence-electron chi connectivity index (χ2n) is 6.32. The van der Waals surface area contributed by atoms with Gasteiger partial charge in [-0.25, -0.2) is 0 Å². The van der Waals surface area contributed by atoms with E-state index >= 15 is 0 Å².